The van der Waals surface area contributed by atoms with Crippen LogP contribution in [0.4, 0.5) is 17.2 Å². The van der Waals surface area contributed by atoms with Crippen molar-refractivity contribution in [1.29, 1.82) is 0 Å². The van der Waals surface area contributed by atoms with Gasteiger partial charge >= 0.3 is 0 Å². The Balaban J connectivity index is 1.56. The van der Waals surface area contributed by atoms with Crippen LogP contribution < -0.4 is 15.5 Å². The molecule has 0 atom stereocenters. The third kappa shape index (κ3) is 4.72. The predicted octanol–water partition coefficient (Wildman–Crippen LogP) is 3.89. The standard InChI is InChI=1S/C20H26N4O/c1-14(2)24(3)19-10-7-15(13-22-19)12-21-17-5-4-6-18(11-17)23-20(25)16-8-9-16/h4-7,10-11,13-14,16,21H,8-9,12H2,1-3H3,(H,23,25). The molecule has 0 bridgehead atoms. The van der Waals surface area contributed by atoms with Crippen molar-refractivity contribution < 1.29 is 4.79 Å². The fraction of sp³-hybridized carbons (Fsp3) is 0.400. The quantitative estimate of drug-likeness (QED) is 0.804. The molecule has 3 rings (SSSR count). The second kappa shape index (κ2) is 7.55. The number of pyridine rings is 1. The summed E-state index contributed by atoms with van der Waals surface area (Å²) >= 11 is 0. The number of carbonyl (C=O) groups is 1. The number of nitrogens with zero attached hydrogens (tertiary/aromatic N) is 2. The van der Waals surface area contributed by atoms with Crippen molar-refractivity contribution in [3.8, 4) is 0 Å². The van der Waals surface area contributed by atoms with Gasteiger partial charge in [0.1, 0.15) is 5.82 Å². The van der Waals surface area contributed by atoms with Gasteiger partial charge in [-0.1, -0.05) is 12.1 Å². The molecule has 1 aliphatic carbocycles. The third-order valence-corrected chi connectivity index (χ3v) is 4.52. The first-order chi connectivity index (χ1) is 12.0. The van der Waals surface area contributed by atoms with E-state index < -0.39 is 0 Å². The van der Waals surface area contributed by atoms with Crippen LogP contribution in [-0.4, -0.2) is 24.0 Å². The van der Waals surface area contributed by atoms with Crippen LogP contribution in [0.25, 0.3) is 0 Å². The normalized spacial score (nSPS) is 13.6. The molecule has 1 aromatic carbocycles. The van der Waals surface area contributed by atoms with Gasteiger partial charge < -0.3 is 15.5 Å². The van der Waals surface area contributed by atoms with E-state index in [1.807, 2.05) is 43.6 Å². The molecule has 1 heterocycles. The van der Waals surface area contributed by atoms with Gasteiger partial charge in [0.15, 0.2) is 0 Å². The molecule has 1 amide bonds. The van der Waals surface area contributed by atoms with Gasteiger partial charge in [-0.2, -0.15) is 0 Å². The largest absolute Gasteiger partial charge is 0.381 e. The molecular formula is C20H26N4O. The van der Waals surface area contributed by atoms with Gasteiger partial charge in [0.2, 0.25) is 5.91 Å². The minimum absolute atomic E-state index is 0.131. The zero-order chi connectivity index (χ0) is 17.8. The van der Waals surface area contributed by atoms with Crippen molar-refractivity contribution in [3.63, 3.8) is 0 Å². The third-order valence-electron chi connectivity index (χ3n) is 4.52. The highest BCUT2D eigenvalue weighted by molar-refractivity contribution is 5.94. The summed E-state index contributed by atoms with van der Waals surface area (Å²) in [6, 6.07) is 12.4. The van der Waals surface area contributed by atoms with Crippen LogP contribution in [0.1, 0.15) is 32.3 Å². The van der Waals surface area contributed by atoms with Gasteiger partial charge in [0.25, 0.3) is 0 Å². The number of anilines is 3. The molecule has 0 spiro atoms. The summed E-state index contributed by atoms with van der Waals surface area (Å²) < 4.78 is 0. The van der Waals surface area contributed by atoms with Gasteiger partial charge in [-0.05, 0) is 56.5 Å². The molecule has 5 heteroatoms. The number of hydrogen-bond donors (Lipinski definition) is 2. The molecule has 0 saturated heterocycles. The van der Waals surface area contributed by atoms with Gasteiger partial charge in [-0.3, -0.25) is 4.79 Å². The van der Waals surface area contributed by atoms with Crippen LogP contribution in [0.2, 0.25) is 0 Å². The monoisotopic (exact) mass is 338 g/mol. The van der Waals surface area contributed by atoms with Crippen LogP contribution in [-0.2, 0) is 11.3 Å². The lowest BCUT2D eigenvalue weighted by Gasteiger charge is -2.22. The Bertz CT molecular complexity index is 723. The Morgan fingerprint density at radius 1 is 1.24 bits per heavy atom. The number of rotatable bonds is 7. The van der Waals surface area contributed by atoms with E-state index in [1.165, 1.54) is 0 Å². The molecule has 132 valence electrons. The highest BCUT2D eigenvalue weighted by Crippen LogP contribution is 2.30. The Labute approximate surface area is 149 Å². The van der Waals surface area contributed by atoms with Crippen molar-refractivity contribution >= 4 is 23.1 Å². The van der Waals surface area contributed by atoms with Crippen molar-refractivity contribution in [2.45, 2.75) is 39.3 Å². The van der Waals surface area contributed by atoms with E-state index >= 15 is 0 Å². The van der Waals surface area contributed by atoms with E-state index in [1.54, 1.807) is 0 Å². The summed E-state index contributed by atoms with van der Waals surface area (Å²) in [7, 11) is 2.05. The summed E-state index contributed by atoms with van der Waals surface area (Å²) in [6.45, 7) is 4.98. The summed E-state index contributed by atoms with van der Waals surface area (Å²) in [5.74, 6) is 1.32. The van der Waals surface area contributed by atoms with Crippen LogP contribution >= 0.6 is 0 Å². The number of amides is 1. The molecule has 1 fully saturated rings. The van der Waals surface area contributed by atoms with Crippen LogP contribution in [0, 0.1) is 5.92 Å². The summed E-state index contributed by atoms with van der Waals surface area (Å²) in [5, 5.41) is 6.36. The van der Waals surface area contributed by atoms with E-state index in [9.17, 15) is 4.79 Å². The first-order valence-corrected chi connectivity index (χ1v) is 8.85. The van der Waals surface area contributed by atoms with Crippen molar-refractivity contribution in [2.75, 3.05) is 22.6 Å². The van der Waals surface area contributed by atoms with Crippen LogP contribution in [0.3, 0.4) is 0 Å². The summed E-state index contributed by atoms with van der Waals surface area (Å²) in [4.78, 5) is 18.5. The number of aromatic nitrogens is 1. The van der Waals surface area contributed by atoms with E-state index in [0.29, 0.717) is 12.6 Å². The fourth-order valence-electron chi connectivity index (χ4n) is 2.50. The van der Waals surface area contributed by atoms with Crippen molar-refractivity contribution in [1.82, 2.24) is 4.98 Å². The zero-order valence-corrected chi connectivity index (χ0v) is 15.1. The van der Waals surface area contributed by atoms with Crippen LogP contribution in [0.5, 0.6) is 0 Å². The van der Waals surface area contributed by atoms with Gasteiger partial charge in [0, 0.05) is 43.1 Å². The van der Waals surface area contributed by atoms with Gasteiger partial charge in [-0.25, -0.2) is 4.98 Å². The first-order valence-electron chi connectivity index (χ1n) is 8.85. The molecule has 5 nitrogen and oxygen atoms in total. The summed E-state index contributed by atoms with van der Waals surface area (Å²) in [6.07, 6.45) is 3.93. The number of nitrogens with one attached hydrogen (secondary N) is 2. The average molecular weight is 338 g/mol. The molecule has 0 unspecified atom stereocenters. The molecule has 2 N–H and O–H groups in total. The zero-order valence-electron chi connectivity index (χ0n) is 15.1. The average Bonchev–Trinajstić information content (AvgIpc) is 3.45. The minimum Gasteiger partial charge on any atom is -0.381 e. The number of carbonyl (C=O) groups excluding carboxylic acids is 1. The van der Waals surface area contributed by atoms with E-state index in [-0.39, 0.29) is 11.8 Å². The topological polar surface area (TPSA) is 57.3 Å². The van der Waals surface area contributed by atoms with Crippen molar-refractivity contribution in [3.05, 3.63) is 48.2 Å². The maximum Gasteiger partial charge on any atom is 0.227 e. The Morgan fingerprint density at radius 3 is 2.64 bits per heavy atom. The SMILES string of the molecule is CC(C)N(C)c1ccc(CNc2cccc(NC(=O)C3CC3)c2)cn1. The van der Waals surface area contributed by atoms with Crippen LogP contribution in [0.15, 0.2) is 42.6 Å². The maximum atomic E-state index is 11.9. The fourth-order valence-corrected chi connectivity index (χ4v) is 2.50. The molecular weight excluding hydrogens is 312 g/mol. The molecule has 2 aromatic rings. The van der Waals surface area contributed by atoms with E-state index in [4.69, 9.17) is 0 Å². The first kappa shape index (κ1) is 17.3. The van der Waals surface area contributed by atoms with Gasteiger partial charge in [-0.15, -0.1) is 0 Å². The lowest BCUT2D eigenvalue weighted by atomic mass is 10.2. The van der Waals surface area contributed by atoms with E-state index in [0.717, 1.165) is 35.6 Å². The maximum absolute atomic E-state index is 11.9. The molecule has 1 aliphatic rings. The molecule has 1 saturated carbocycles. The predicted molar refractivity (Wildman–Crippen MR) is 103 cm³/mol. The second-order valence-corrected chi connectivity index (χ2v) is 6.93. The second-order valence-electron chi connectivity index (χ2n) is 6.93. The molecule has 25 heavy (non-hydrogen) atoms. The highest BCUT2D eigenvalue weighted by atomic mass is 16.2. The molecule has 0 radical (unpaired) electrons. The molecule has 0 aliphatic heterocycles. The number of benzene rings is 1. The Kier molecular flexibility index (Phi) is 5.22. The lowest BCUT2D eigenvalue weighted by molar-refractivity contribution is -0.117. The highest BCUT2D eigenvalue weighted by Gasteiger charge is 2.29. The van der Waals surface area contributed by atoms with Crippen molar-refractivity contribution in [2.24, 2.45) is 5.92 Å². The lowest BCUT2D eigenvalue weighted by Crippen LogP contribution is -2.26. The van der Waals surface area contributed by atoms with Gasteiger partial charge in [0.05, 0.1) is 0 Å². The summed E-state index contributed by atoms with van der Waals surface area (Å²) in [5.41, 5.74) is 2.94. The Hall–Kier alpha value is -2.56. The number of hydrogen-bond acceptors (Lipinski definition) is 4. The van der Waals surface area contributed by atoms with E-state index in [2.05, 4.69) is 40.4 Å². The smallest absolute Gasteiger partial charge is 0.227 e. The molecule has 1 aromatic heterocycles. The minimum atomic E-state index is 0.131. The Morgan fingerprint density at radius 2 is 2.00 bits per heavy atom.